The molecule has 0 radical (unpaired) electrons. The van der Waals surface area contributed by atoms with Crippen LogP contribution >= 0.6 is 0 Å². The first-order chi connectivity index (χ1) is 11.7. The molecule has 1 amide bonds. The Labute approximate surface area is 141 Å². The van der Waals surface area contributed by atoms with Crippen molar-refractivity contribution in [1.29, 1.82) is 0 Å². The maximum absolute atomic E-state index is 12.6. The van der Waals surface area contributed by atoms with Crippen molar-refractivity contribution >= 4 is 5.91 Å². The molecule has 1 unspecified atom stereocenters. The number of carbonyl (C=O) groups is 1. The van der Waals surface area contributed by atoms with Gasteiger partial charge in [0.15, 0.2) is 0 Å². The van der Waals surface area contributed by atoms with E-state index >= 15 is 0 Å². The summed E-state index contributed by atoms with van der Waals surface area (Å²) in [5.74, 6) is 0.958. The summed E-state index contributed by atoms with van der Waals surface area (Å²) in [5.41, 5.74) is 2.56. The summed E-state index contributed by atoms with van der Waals surface area (Å²) in [5, 5.41) is 6.62. The molecule has 3 heterocycles. The predicted octanol–water partition coefficient (Wildman–Crippen LogP) is 2.06. The molecule has 24 heavy (non-hydrogen) atoms. The van der Waals surface area contributed by atoms with E-state index in [4.69, 9.17) is 4.74 Å². The van der Waals surface area contributed by atoms with Crippen LogP contribution in [0.5, 0.6) is 0 Å². The Balaban J connectivity index is 1.79. The number of H-pyrrole nitrogens is 1. The van der Waals surface area contributed by atoms with E-state index in [1.165, 1.54) is 0 Å². The first kappa shape index (κ1) is 16.6. The van der Waals surface area contributed by atoms with Crippen LogP contribution in [0.3, 0.4) is 0 Å². The predicted molar refractivity (Wildman–Crippen MR) is 88.6 cm³/mol. The highest BCUT2D eigenvalue weighted by molar-refractivity contribution is 5.92. The molecule has 0 bridgehead atoms. The number of aromatic amines is 1. The van der Waals surface area contributed by atoms with E-state index in [9.17, 15) is 4.79 Å². The fourth-order valence-corrected chi connectivity index (χ4v) is 3.12. The molecule has 1 aliphatic rings. The van der Waals surface area contributed by atoms with E-state index in [2.05, 4.69) is 20.2 Å². The Morgan fingerprint density at radius 1 is 1.50 bits per heavy atom. The van der Waals surface area contributed by atoms with Crippen LogP contribution in [0.2, 0.25) is 0 Å². The number of amides is 1. The van der Waals surface area contributed by atoms with Crippen LogP contribution in [0.4, 0.5) is 0 Å². The summed E-state index contributed by atoms with van der Waals surface area (Å²) in [7, 11) is 0. The Hall–Kier alpha value is -2.28. The van der Waals surface area contributed by atoms with Crippen LogP contribution in [0.25, 0.3) is 0 Å². The fourth-order valence-electron chi connectivity index (χ4n) is 3.12. The third-order valence-electron chi connectivity index (χ3n) is 4.31. The average Bonchev–Trinajstić information content (AvgIpc) is 3.14. The minimum Gasteiger partial charge on any atom is -0.377 e. The molecule has 1 aliphatic heterocycles. The molecule has 0 saturated carbocycles. The van der Waals surface area contributed by atoms with Gasteiger partial charge in [0, 0.05) is 43.6 Å². The first-order valence-electron chi connectivity index (χ1n) is 8.37. The topological polar surface area (TPSA) is 84.0 Å². The monoisotopic (exact) mass is 329 g/mol. The van der Waals surface area contributed by atoms with Gasteiger partial charge in [0.2, 0.25) is 0 Å². The Kier molecular flexibility index (Phi) is 5.20. The van der Waals surface area contributed by atoms with Gasteiger partial charge < -0.3 is 9.64 Å². The molecule has 1 fully saturated rings. The van der Waals surface area contributed by atoms with E-state index in [0.29, 0.717) is 25.5 Å². The van der Waals surface area contributed by atoms with E-state index in [-0.39, 0.29) is 11.8 Å². The number of hydrogen-bond acceptors (Lipinski definition) is 5. The van der Waals surface area contributed by atoms with Crippen molar-refractivity contribution in [2.24, 2.45) is 0 Å². The van der Waals surface area contributed by atoms with E-state index in [0.717, 1.165) is 36.5 Å². The number of aromatic nitrogens is 4. The molecule has 0 spiro atoms. The van der Waals surface area contributed by atoms with Gasteiger partial charge in [-0.15, -0.1) is 0 Å². The fraction of sp³-hybridized carbons (Fsp3) is 0.529. The number of ether oxygens (including phenoxy) is 1. The third-order valence-corrected chi connectivity index (χ3v) is 4.31. The number of piperidine rings is 1. The van der Waals surface area contributed by atoms with Crippen molar-refractivity contribution in [3.63, 3.8) is 0 Å². The number of aryl methyl sites for hydroxylation is 1. The second-order valence-electron chi connectivity index (χ2n) is 6.03. The lowest BCUT2D eigenvalue weighted by Crippen LogP contribution is -2.39. The largest absolute Gasteiger partial charge is 0.377 e. The van der Waals surface area contributed by atoms with Gasteiger partial charge in [-0.1, -0.05) is 0 Å². The summed E-state index contributed by atoms with van der Waals surface area (Å²) in [6.45, 7) is 6.45. The number of nitrogens with zero attached hydrogens (tertiary/aromatic N) is 4. The van der Waals surface area contributed by atoms with Crippen LogP contribution in [-0.2, 0) is 11.3 Å². The number of likely N-dealkylation sites (tertiary alicyclic amines) is 1. The molecule has 0 aromatic carbocycles. The summed E-state index contributed by atoms with van der Waals surface area (Å²) in [6, 6.07) is 1.71. The molecular formula is C17H23N5O2. The molecule has 2 aromatic heterocycles. The lowest BCUT2D eigenvalue weighted by molar-refractivity contribution is 0.0698. The minimum absolute atomic E-state index is 0.00524. The molecule has 1 N–H and O–H groups in total. The Morgan fingerprint density at radius 2 is 2.38 bits per heavy atom. The molecule has 1 saturated heterocycles. The molecule has 1 atom stereocenters. The van der Waals surface area contributed by atoms with E-state index in [1.54, 1.807) is 12.3 Å². The van der Waals surface area contributed by atoms with Crippen LogP contribution in [0.1, 0.15) is 53.3 Å². The molecule has 7 heteroatoms. The molecule has 0 aliphatic carbocycles. The van der Waals surface area contributed by atoms with Crippen molar-refractivity contribution in [3.05, 3.63) is 41.2 Å². The van der Waals surface area contributed by atoms with Gasteiger partial charge in [0.25, 0.3) is 5.91 Å². The Morgan fingerprint density at radius 3 is 3.12 bits per heavy atom. The number of hydrogen-bond donors (Lipinski definition) is 1. The van der Waals surface area contributed by atoms with E-state index in [1.807, 2.05) is 24.9 Å². The van der Waals surface area contributed by atoms with Gasteiger partial charge in [-0.25, -0.2) is 9.97 Å². The van der Waals surface area contributed by atoms with Crippen molar-refractivity contribution in [2.75, 3.05) is 19.7 Å². The Bertz CT molecular complexity index is 686. The molecule has 7 nitrogen and oxygen atoms in total. The van der Waals surface area contributed by atoms with Crippen LogP contribution < -0.4 is 0 Å². The lowest BCUT2D eigenvalue weighted by Gasteiger charge is -2.33. The zero-order chi connectivity index (χ0) is 16.9. The minimum atomic E-state index is -0.00524. The molecule has 128 valence electrons. The van der Waals surface area contributed by atoms with Gasteiger partial charge in [0.05, 0.1) is 12.3 Å². The smallest absolute Gasteiger partial charge is 0.271 e. The summed E-state index contributed by atoms with van der Waals surface area (Å²) >= 11 is 0. The van der Waals surface area contributed by atoms with Gasteiger partial charge in [-0.3, -0.25) is 9.89 Å². The quantitative estimate of drug-likeness (QED) is 0.908. The highest BCUT2D eigenvalue weighted by Crippen LogP contribution is 2.29. The van der Waals surface area contributed by atoms with Gasteiger partial charge in [0.1, 0.15) is 11.5 Å². The summed E-state index contributed by atoms with van der Waals surface area (Å²) < 4.78 is 5.55. The van der Waals surface area contributed by atoms with Gasteiger partial charge in [-0.05, 0) is 32.8 Å². The lowest BCUT2D eigenvalue weighted by atomic mass is 9.92. The number of carbonyl (C=O) groups excluding carboxylic acids is 1. The van der Waals surface area contributed by atoms with Gasteiger partial charge in [-0.2, -0.15) is 5.10 Å². The highest BCUT2D eigenvalue weighted by atomic mass is 16.5. The third kappa shape index (κ3) is 3.62. The zero-order valence-electron chi connectivity index (χ0n) is 14.2. The zero-order valence-corrected chi connectivity index (χ0v) is 14.2. The molecule has 2 aromatic rings. The van der Waals surface area contributed by atoms with Crippen molar-refractivity contribution in [3.8, 4) is 0 Å². The number of nitrogens with one attached hydrogen (secondary N) is 1. The second-order valence-corrected chi connectivity index (χ2v) is 6.03. The SMILES string of the molecule is CCOCc1cnc(C)nc1C1CCCN(C(=O)c2ccn[nH]2)C1. The van der Waals surface area contributed by atoms with Crippen molar-refractivity contribution in [2.45, 2.75) is 39.2 Å². The molecular weight excluding hydrogens is 306 g/mol. The normalized spacial score (nSPS) is 17.9. The molecule has 3 rings (SSSR count). The standard InChI is InChI=1S/C17H23N5O2/c1-3-24-11-14-9-18-12(2)20-16(14)13-5-4-8-22(10-13)17(23)15-6-7-19-21-15/h6-7,9,13H,3-5,8,10-11H2,1-2H3,(H,19,21). The maximum atomic E-state index is 12.6. The van der Waals surface area contributed by atoms with Crippen molar-refractivity contribution in [1.82, 2.24) is 25.1 Å². The average molecular weight is 329 g/mol. The number of rotatable bonds is 5. The van der Waals surface area contributed by atoms with Crippen LogP contribution in [0.15, 0.2) is 18.5 Å². The maximum Gasteiger partial charge on any atom is 0.271 e. The summed E-state index contributed by atoms with van der Waals surface area (Å²) in [4.78, 5) is 23.4. The van der Waals surface area contributed by atoms with Crippen molar-refractivity contribution < 1.29 is 9.53 Å². The first-order valence-corrected chi connectivity index (χ1v) is 8.37. The highest BCUT2D eigenvalue weighted by Gasteiger charge is 2.28. The van der Waals surface area contributed by atoms with E-state index < -0.39 is 0 Å². The van der Waals surface area contributed by atoms with Crippen LogP contribution in [0, 0.1) is 6.92 Å². The summed E-state index contributed by atoms with van der Waals surface area (Å²) in [6.07, 6.45) is 5.43. The van der Waals surface area contributed by atoms with Crippen LogP contribution in [-0.4, -0.2) is 50.7 Å². The van der Waals surface area contributed by atoms with Gasteiger partial charge >= 0.3 is 0 Å². The second kappa shape index (κ2) is 7.53.